The van der Waals surface area contributed by atoms with Crippen molar-refractivity contribution in [1.82, 2.24) is 4.98 Å². The van der Waals surface area contributed by atoms with Crippen LogP contribution in [-0.2, 0) is 6.42 Å². The minimum Gasteiger partial charge on any atom is -0.489 e. The summed E-state index contributed by atoms with van der Waals surface area (Å²) in [4.78, 5) is 4.04. The summed E-state index contributed by atoms with van der Waals surface area (Å²) >= 11 is 0. The van der Waals surface area contributed by atoms with Crippen LogP contribution in [0, 0.1) is 5.82 Å². The summed E-state index contributed by atoms with van der Waals surface area (Å²) in [6.45, 7) is 3.84. The lowest BCUT2D eigenvalue weighted by atomic mass is 10.0. The van der Waals surface area contributed by atoms with Gasteiger partial charge in [0.25, 0.3) is 0 Å². The first-order valence-corrected chi connectivity index (χ1v) is 6.59. The van der Waals surface area contributed by atoms with Crippen molar-refractivity contribution in [2.75, 3.05) is 0 Å². The standard InChI is InChI=1S/C16H18FNO2/c1-11(2)20-14-7-13(9-18-10-14)16(19)8-12-5-3-4-6-15(12)17/h3-7,9-11,16,19H,8H2,1-2H3. The highest BCUT2D eigenvalue weighted by molar-refractivity contribution is 5.27. The molecule has 0 fully saturated rings. The van der Waals surface area contributed by atoms with Gasteiger partial charge in [-0.15, -0.1) is 0 Å². The van der Waals surface area contributed by atoms with Gasteiger partial charge in [-0.2, -0.15) is 0 Å². The third-order valence-electron chi connectivity index (χ3n) is 2.86. The molecule has 3 nitrogen and oxygen atoms in total. The molecule has 1 aromatic heterocycles. The molecule has 1 N–H and O–H groups in total. The van der Waals surface area contributed by atoms with Crippen LogP contribution in [-0.4, -0.2) is 16.2 Å². The first-order valence-electron chi connectivity index (χ1n) is 6.59. The molecule has 0 radical (unpaired) electrons. The average Bonchev–Trinajstić information content (AvgIpc) is 2.41. The fraction of sp³-hybridized carbons (Fsp3) is 0.312. The predicted molar refractivity (Wildman–Crippen MR) is 75.1 cm³/mol. The van der Waals surface area contributed by atoms with E-state index in [0.29, 0.717) is 16.9 Å². The van der Waals surface area contributed by atoms with Crippen molar-refractivity contribution in [2.24, 2.45) is 0 Å². The zero-order valence-corrected chi connectivity index (χ0v) is 11.6. The molecule has 0 aliphatic rings. The van der Waals surface area contributed by atoms with E-state index in [4.69, 9.17) is 4.74 Å². The Balaban J connectivity index is 2.13. The maximum Gasteiger partial charge on any atom is 0.138 e. The topological polar surface area (TPSA) is 42.4 Å². The van der Waals surface area contributed by atoms with Gasteiger partial charge in [0.1, 0.15) is 11.6 Å². The average molecular weight is 275 g/mol. The fourth-order valence-electron chi connectivity index (χ4n) is 1.94. The van der Waals surface area contributed by atoms with E-state index in [1.54, 1.807) is 36.7 Å². The largest absolute Gasteiger partial charge is 0.489 e. The number of pyridine rings is 1. The summed E-state index contributed by atoms with van der Waals surface area (Å²) in [5.74, 6) is 0.291. The van der Waals surface area contributed by atoms with Crippen LogP contribution in [0.2, 0.25) is 0 Å². The van der Waals surface area contributed by atoms with Crippen molar-refractivity contribution >= 4 is 0 Å². The Bertz CT molecular complexity index is 572. The molecule has 2 rings (SSSR count). The highest BCUT2D eigenvalue weighted by atomic mass is 19.1. The van der Waals surface area contributed by atoms with Crippen molar-refractivity contribution in [1.29, 1.82) is 0 Å². The van der Waals surface area contributed by atoms with Gasteiger partial charge in [0, 0.05) is 18.2 Å². The normalized spacial score (nSPS) is 12.4. The summed E-state index contributed by atoms with van der Waals surface area (Å²) in [5.41, 5.74) is 1.10. The number of ether oxygens (including phenoxy) is 1. The number of hydrogen-bond acceptors (Lipinski definition) is 3. The van der Waals surface area contributed by atoms with Gasteiger partial charge in [-0.3, -0.25) is 4.98 Å². The van der Waals surface area contributed by atoms with Gasteiger partial charge < -0.3 is 9.84 Å². The van der Waals surface area contributed by atoms with Crippen LogP contribution in [0.3, 0.4) is 0 Å². The highest BCUT2D eigenvalue weighted by Gasteiger charge is 2.13. The summed E-state index contributed by atoms with van der Waals surface area (Å²) in [6.07, 6.45) is 2.60. The van der Waals surface area contributed by atoms with Crippen LogP contribution in [0.25, 0.3) is 0 Å². The molecule has 1 heterocycles. The number of halogens is 1. The SMILES string of the molecule is CC(C)Oc1cncc(C(O)Cc2ccccc2F)c1. The van der Waals surface area contributed by atoms with Crippen molar-refractivity contribution in [3.63, 3.8) is 0 Å². The summed E-state index contributed by atoms with van der Waals surface area (Å²) in [7, 11) is 0. The van der Waals surface area contributed by atoms with Crippen molar-refractivity contribution in [3.05, 3.63) is 59.7 Å². The van der Waals surface area contributed by atoms with E-state index in [1.165, 1.54) is 6.07 Å². The molecular formula is C16H18FNO2. The third kappa shape index (κ3) is 3.78. The molecule has 0 spiro atoms. The van der Waals surface area contributed by atoms with Crippen LogP contribution in [0.4, 0.5) is 4.39 Å². The molecule has 2 aromatic rings. The van der Waals surface area contributed by atoms with Gasteiger partial charge in [-0.25, -0.2) is 4.39 Å². The van der Waals surface area contributed by atoms with E-state index in [0.717, 1.165) is 0 Å². The van der Waals surface area contributed by atoms with E-state index in [-0.39, 0.29) is 18.3 Å². The number of nitrogens with zero attached hydrogens (tertiary/aromatic N) is 1. The molecule has 0 saturated heterocycles. The second-order valence-corrected chi connectivity index (χ2v) is 4.93. The fourth-order valence-corrected chi connectivity index (χ4v) is 1.94. The number of aromatic nitrogens is 1. The molecule has 106 valence electrons. The minimum atomic E-state index is -0.810. The van der Waals surface area contributed by atoms with Crippen LogP contribution >= 0.6 is 0 Å². The van der Waals surface area contributed by atoms with Gasteiger partial charge in [0.2, 0.25) is 0 Å². The third-order valence-corrected chi connectivity index (χ3v) is 2.86. The van der Waals surface area contributed by atoms with E-state index in [2.05, 4.69) is 4.98 Å². The van der Waals surface area contributed by atoms with Crippen LogP contribution in [0.5, 0.6) is 5.75 Å². The molecule has 1 unspecified atom stereocenters. The Labute approximate surface area is 118 Å². The molecule has 0 saturated carbocycles. The molecule has 20 heavy (non-hydrogen) atoms. The maximum absolute atomic E-state index is 13.6. The number of benzene rings is 1. The van der Waals surface area contributed by atoms with Crippen molar-refractivity contribution < 1.29 is 14.2 Å². The van der Waals surface area contributed by atoms with Gasteiger partial charge in [0.05, 0.1) is 18.4 Å². The van der Waals surface area contributed by atoms with E-state index >= 15 is 0 Å². The van der Waals surface area contributed by atoms with Crippen LogP contribution in [0.1, 0.15) is 31.1 Å². The zero-order chi connectivity index (χ0) is 14.5. The lowest BCUT2D eigenvalue weighted by molar-refractivity contribution is 0.175. The molecule has 1 aromatic carbocycles. The summed E-state index contributed by atoms with van der Waals surface area (Å²) in [6, 6.07) is 8.17. The first kappa shape index (κ1) is 14.5. The monoisotopic (exact) mass is 275 g/mol. The quantitative estimate of drug-likeness (QED) is 0.910. The van der Waals surface area contributed by atoms with Gasteiger partial charge in [-0.1, -0.05) is 18.2 Å². The second kappa shape index (κ2) is 6.48. The van der Waals surface area contributed by atoms with Gasteiger partial charge in [-0.05, 0) is 31.5 Å². The lowest BCUT2D eigenvalue weighted by Crippen LogP contribution is -2.08. The Morgan fingerprint density at radius 3 is 2.70 bits per heavy atom. The number of hydrogen-bond donors (Lipinski definition) is 1. The van der Waals surface area contributed by atoms with Gasteiger partial charge in [0.15, 0.2) is 0 Å². The van der Waals surface area contributed by atoms with E-state index < -0.39 is 6.10 Å². The number of rotatable bonds is 5. The number of aliphatic hydroxyl groups is 1. The Hall–Kier alpha value is -1.94. The Morgan fingerprint density at radius 2 is 2.00 bits per heavy atom. The minimum absolute atomic E-state index is 0.0377. The first-order chi connectivity index (χ1) is 9.56. The second-order valence-electron chi connectivity index (χ2n) is 4.93. The number of aliphatic hydroxyl groups excluding tert-OH is 1. The van der Waals surface area contributed by atoms with Crippen molar-refractivity contribution in [2.45, 2.75) is 32.5 Å². The summed E-state index contributed by atoms with van der Waals surface area (Å²) in [5, 5.41) is 10.2. The molecular weight excluding hydrogens is 257 g/mol. The van der Waals surface area contributed by atoms with E-state index in [1.807, 2.05) is 13.8 Å². The van der Waals surface area contributed by atoms with Crippen LogP contribution < -0.4 is 4.74 Å². The Kier molecular flexibility index (Phi) is 4.69. The smallest absolute Gasteiger partial charge is 0.138 e. The highest BCUT2D eigenvalue weighted by Crippen LogP contribution is 2.22. The molecule has 0 aliphatic carbocycles. The maximum atomic E-state index is 13.6. The lowest BCUT2D eigenvalue weighted by Gasteiger charge is -2.14. The molecule has 1 atom stereocenters. The van der Waals surface area contributed by atoms with Crippen molar-refractivity contribution in [3.8, 4) is 5.75 Å². The summed E-state index contributed by atoms with van der Waals surface area (Å²) < 4.78 is 19.1. The van der Waals surface area contributed by atoms with Gasteiger partial charge >= 0.3 is 0 Å². The molecule has 4 heteroatoms. The molecule has 0 bridgehead atoms. The van der Waals surface area contributed by atoms with Crippen LogP contribution in [0.15, 0.2) is 42.7 Å². The Morgan fingerprint density at radius 1 is 1.25 bits per heavy atom. The predicted octanol–water partition coefficient (Wildman–Crippen LogP) is 3.28. The molecule has 0 amide bonds. The zero-order valence-electron chi connectivity index (χ0n) is 11.6. The molecule has 0 aliphatic heterocycles. The van der Waals surface area contributed by atoms with E-state index in [9.17, 15) is 9.50 Å².